The van der Waals surface area contributed by atoms with Crippen molar-refractivity contribution in [2.45, 2.75) is 13.3 Å². The van der Waals surface area contributed by atoms with Gasteiger partial charge in [0, 0.05) is 17.3 Å². The first-order valence-electron chi connectivity index (χ1n) is 7.01. The molecular formula is C15H22ClN3O. The van der Waals surface area contributed by atoms with Crippen LogP contribution in [0, 0.1) is 12.8 Å². The normalized spacial score (nSPS) is 19.2. The first kappa shape index (κ1) is 15.3. The van der Waals surface area contributed by atoms with Gasteiger partial charge in [0.25, 0.3) is 0 Å². The predicted octanol–water partition coefficient (Wildman–Crippen LogP) is 2.13. The van der Waals surface area contributed by atoms with Crippen molar-refractivity contribution in [3.63, 3.8) is 0 Å². The van der Waals surface area contributed by atoms with Crippen molar-refractivity contribution in [1.29, 1.82) is 0 Å². The lowest BCUT2D eigenvalue weighted by Gasteiger charge is -2.16. The number of halogens is 1. The van der Waals surface area contributed by atoms with Gasteiger partial charge in [0.05, 0.1) is 6.54 Å². The number of rotatable bonds is 5. The van der Waals surface area contributed by atoms with E-state index in [1.165, 1.54) is 0 Å². The molecule has 0 aromatic heterocycles. The van der Waals surface area contributed by atoms with Gasteiger partial charge in [0.15, 0.2) is 0 Å². The number of hydrogen-bond donors (Lipinski definition) is 2. The summed E-state index contributed by atoms with van der Waals surface area (Å²) < 4.78 is 0. The number of carbonyl (C=O) groups excluding carboxylic acids is 1. The molecule has 2 rings (SSSR count). The molecule has 1 heterocycles. The highest BCUT2D eigenvalue weighted by Gasteiger charge is 2.23. The van der Waals surface area contributed by atoms with E-state index in [1.807, 2.05) is 26.1 Å². The Morgan fingerprint density at radius 3 is 3.00 bits per heavy atom. The SMILES string of the molecule is CNCC1CCN(CC(=O)Nc2ccc(Cl)cc2C)C1. The van der Waals surface area contributed by atoms with Gasteiger partial charge in [-0.2, -0.15) is 0 Å². The molecule has 5 heteroatoms. The van der Waals surface area contributed by atoms with Crippen LogP contribution in [0.25, 0.3) is 0 Å². The number of likely N-dealkylation sites (tertiary alicyclic amines) is 1. The average molecular weight is 296 g/mol. The smallest absolute Gasteiger partial charge is 0.238 e. The molecule has 0 spiro atoms. The molecule has 1 aromatic carbocycles. The van der Waals surface area contributed by atoms with Crippen LogP contribution in [0.15, 0.2) is 18.2 Å². The van der Waals surface area contributed by atoms with Gasteiger partial charge in [0.2, 0.25) is 5.91 Å². The lowest BCUT2D eigenvalue weighted by molar-refractivity contribution is -0.117. The third-order valence-corrected chi connectivity index (χ3v) is 3.93. The number of nitrogens with zero attached hydrogens (tertiary/aromatic N) is 1. The van der Waals surface area contributed by atoms with Crippen LogP contribution in [0.4, 0.5) is 5.69 Å². The first-order valence-corrected chi connectivity index (χ1v) is 7.39. The summed E-state index contributed by atoms with van der Waals surface area (Å²) in [5.41, 5.74) is 1.82. The molecule has 1 aliphatic heterocycles. The fraction of sp³-hybridized carbons (Fsp3) is 0.533. The molecule has 0 aliphatic carbocycles. The van der Waals surface area contributed by atoms with E-state index in [0.29, 0.717) is 17.5 Å². The van der Waals surface area contributed by atoms with E-state index in [9.17, 15) is 4.79 Å². The summed E-state index contributed by atoms with van der Waals surface area (Å²) in [5, 5.41) is 6.84. The van der Waals surface area contributed by atoms with Crippen LogP contribution in [-0.2, 0) is 4.79 Å². The van der Waals surface area contributed by atoms with Crippen molar-refractivity contribution in [1.82, 2.24) is 10.2 Å². The van der Waals surface area contributed by atoms with Crippen molar-refractivity contribution >= 4 is 23.2 Å². The van der Waals surface area contributed by atoms with Gasteiger partial charge in [-0.05, 0) is 63.2 Å². The predicted molar refractivity (Wildman–Crippen MR) is 83.3 cm³/mol. The minimum absolute atomic E-state index is 0.0422. The van der Waals surface area contributed by atoms with Gasteiger partial charge in [-0.25, -0.2) is 0 Å². The first-order chi connectivity index (χ1) is 9.58. The maximum Gasteiger partial charge on any atom is 0.238 e. The Hall–Kier alpha value is -1.10. The molecule has 1 aliphatic rings. The number of carbonyl (C=O) groups is 1. The zero-order valence-electron chi connectivity index (χ0n) is 12.1. The summed E-state index contributed by atoms with van der Waals surface area (Å²) in [4.78, 5) is 14.3. The average Bonchev–Trinajstić information content (AvgIpc) is 2.81. The van der Waals surface area contributed by atoms with Gasteiger partial charge < -0.3 is 10.6 Å². The second-order valence-electron chi connectivity index (χ2n) is 5.45. The summed E-state index contributed by atoms with van der Waals surface area (Å²) in [7, 11) is 1.97. The lowest BCUT2D eigenvalue weighted by Crippen LogP contribution is -2.32. The number of aryl methyl sites for hydroxylation is 1. The van der Waals surface area contributed by atoms with Crippen LogP contribution in [0.1, 0.15) is 12.0 Å². The van der Waals surface area contributed by atoms with E-state index >= 15 is 0 Å². The fourth-order valence-electron chi connectivity index (χ4n) is 2.67. The molecule has 1 fully saturated rings. The van der Waals surface area contributed by atoms with Gasteiger partial charge in [-0.1, -0.05) is 11.6 Å². The van der Waals surface area contributed by atoms with E-state index in [-0.39, 0.29) is 5.91 Å². The standard InChI is InChI=1S/C15H22ClN3O/c1-11-7-13(16)3-4-14(11)18-15(20)10-19-6-5-12(9-19)8-17-2/h3-4,7,12,17H,5-6,8-10H2,1-2H3,(H,18,20). The van der Waals surface area contributed by atoms with E-state index in [2.05, 4.69) is 15.5 Å². The molecule has 1 amide bonds. The van der Waals surface area contributed by atoms with Gasteiger partial charge in [-0.3, -0.25) is 9.69 Å². The summed E-state index contributed by atoms with van der Waals surface area (Å²) in [6.45, 7) is 5.42. The van der Waals surface area contributed by atoms with Crippen molar-refractivity contribution < 1.29 is 4.79 Å². The second kappa shape index (κ2) is 7.07. The number of nitrogens with one attached hydrogen (secondary N) is 2. The Morgan fingerprint density at radius 2 is 2.30 bits per heavy atom. The number of hydrogen-bond acceptors (Lipinski definition) is 3. The third-order valence-electron chi connectivity index (χ3n) is 3.69. The zero-order valence-corrected chi connectivity index (χ0v) is 12.8. The quantitative estimate of drug-likeness (QED) is 0.875. The molecule has 1 aromatic rings. The van der Waals surface area contributed by atoms with E-state index < -0.39 is 0 Å². The summed E-state index contributed by atoms with van der Waals surface area (Å²) in [5.74, 6) is 0.700. The third kappa shape index (κ3) is 4.20. The minimum Gasteiger partial charge on any atom is -0.325 e. The molecule has 1 saturated heterocycles. The Kier molecular flexibility index (Phi) is 5.40. The number of amides is 1. The van der Waals surface area contributed by atoms with E-state index in [0.717, 1.165) is 37.3 Å². The second-order valence-corrected chi connectivity index (χ2v) is 5.89. The Balaban J connectivity index is 1.84. The zero-order chi connectivity index (χ0) is 14.5. The van der Waals surface area contributed by atoms with Crippen LogP contribution in [-0.4, -0.2) is 44.0 Å². The molecule has 0 saturated carbocycles. The number of anilines is 1. The summed E-state index contributed by atoms with van der Waals surface area (Å²) in [6, 6.07) is 5.50. The van der Waals surface area contributed by atoms with Gasteiger partial charge >= 0.3 is 0 Å². The van der Waals surface area contributed by atoms with Gasteiger partial charge in [0.1, 0.15) is 0 Å². The van der Waals surface area contributed by atoms with E-state index in [4.69, 9.17) is 11.6 Å². The van der Waals surface area contributed by atoms with Crippen molar-refractivity contribution in [2.24, 2.45) is 5.92 Å². The number of benzene rings is 1. The highest BCUT2D eigenvalue weighted by atomic mass is 35.5. The minimum atomic E-state index is 0.0422. The highest BCUT2D eigenvalue weighted by molar-refractivity contribution is 6.30. The highest BCUT2D eigenvalue weighted by Crippen LogP contribution is 2.20. The van der Waals surface area contributed by atoms with Crippen molar-refractivity contribution in [3.8, 4) is 0 Å². The largest absolute Gasteiger partial charge is 0.325 e. The summed E-state index contributed by atoms with van der Waals surface area (Å²) in [6.07, 6.45) is 1.16. The maximum atomic E-state index is 12.1. The topological polar surface area (TPSA) is 44.4 Å². The Labute approximate surface area is 125 Å². The molecular weight excluding hydrogens is 274 g/mol. The summed E-state index contributed by atoms with van der Waals surface area (Å²) >= 11 is 5.91. The van der Waals surface area contributed by atoms with Gasteiger partial charge in [-0.15, -0.1) is 0 Å². The van der Waals surface area contributed by atoms with Crippen LogP contribution in [0.3, 0.4) is 0 Å². The molecule has 1 atom stereocenters. The fourth-order valence-corrected chi connectivity index (χ4v) is 2.90. The molecule has 1 unspecified atom stereocenters. The van der Waals surface area contributed by atoms with Crippen molar-refractivity contribution in [2.75, 3.05) is 38.5 Å². The van der Waals surface area contributed by atoms with Crippen LogP contribution >= 0.6 is 11.6 Å². The van der Waals surface area contributed by atoms with Crippen LogP contribution in [0.5, 0.6) is 0 Å². The van der Waals surface area contributed by atoms with Crippen LogP contribution < -0.4 is 10.6 Å². The molecule has 110 valence electrons. The monoisotopic (exact) mass is 295 g/mol. The molecule has 20 heavy (non-hydrogen) atoms. The Bertz CT molecular complexity index is 478. The Morgan fingerprint density at radius 1 is 1.50 bits per heavy atom. The lowest BCUT2D eigenvalue weighted by atomic mass is 10.1. The van der Waals surface area contributed by atoms with Crippen LogP contribution in [0.2, 0.25) is 5.02 Å². The molecule has 0 radical (unpaired) electrons. The van der Waals surface area contributed by atoms with Crippen molar-refractivity contribution in [3.05, 3.63) is 28.8 Å². The molecule has 0 bridgehead atoms. The maximum absolute atomic E-state index is 12.1. The molecule has 2 N–H and O–H groups in total. The molecule has 4 nitrogen and oxygen atoms in total. The van der Waals surface area contributed by atoms with E-state index in [1.54, 1.807) is 6.07 Å².